The molecule has 19 heavy (non-hydrogen) atoms. The molecule has 1 heterocycles. The quantitative estimate of drug-likeness (QED) is 0.885. The minimum atomic E-state index is -0.279. The number of aromatic nitrogens is 1. The van der Waals surface area contributed by atoms with Crippen molar-refractivity contribution in [3.63, 3.8) is 0 Å². The van der Waals surface area contributed by atoms with Crippen LogP contribution < -0.4 is 16.2 Å². The Morgan fingerprint density at radius 1 is 1.16 bits per heavy atom. The summed E-state index contributed by atoms with van der Waals surface area (Å²) < 4.78 is 5.26. The number of nitrogen functional groups attached to an aromatic ring is 1. The summed E-state index contributed by atoms with van der Waals surface area (Å²) in [5.41, 5.74) is 16.2. The summed E-state index contributed by atoms with van der Waals surface area (Å²) in [5.74, 6) is 1.34. The maximum atomic E-state index is 6.32. The number of methoxy groups -OCH3 is 1. The predicted octanol–water partition coefficient (Wildman–Crippen LogP) is 2.34. The van der Waals surface area contributed by atoms with E-state index < -0.39 is 0 Å². The second-order valence-corrected chi connectivity index (χ2v) is 4.63. The zero-order chi connectivity index (χ0) is 14.0. The number of pyridine rings is 1. The summed E-state index contributed by atoms with van der Waals surface area (Å²) in [5, 5.41) is 0. The van der Waals surface area contributed by atoms with Crippen molar-refractivity contribution < 1.29 is 4.74 Å². The van der Waals surface area contributed by atoms with Gasteiger partial charge in [0.25, 0.3) is 0 Å². The summed E-state index contributed by atoms with van der Waals surface area (Å²) in [6.45, 7) is 3.98. The number of anilines is 1. The molecule has 4 heteroatoms. The lowest BCUT2D eigenvalue weighted by atomic mass is 9.95. The van der Waals surface area contributed by atoms with Gasteiger partial charge < -0.3 is 16.2 Å². The minimum absolute atomic E-state index is 0.279. The molecule has 100 valence electrons. The van der Waals surface area contributed by atoms with Gasteiger partial charge in [0.05, 0.1) is 13.2 Å². The summed E-state index contributed by atoms with van der Waals surface area (Å²) in [7, 11) is 1.66. The van der Waals surface area contributed by atoms with E-state index in [0.717, 1.165) is 28.0 Å². The van der Waals surface area contributed by atoms with Gasteiger partial charge in [-0.3, -0.25) is 0 Å². The number of benzene rings is 1. The van der Waals surface area contributed by atoms with Crippen LogP contribution in [-0.2, 0) is 0 Å². The first-order valence-electron chi connectivity index (χ1n) is 6.15. The first kappa shape index (κ1) is 13.4. The zero-order valence-corrected chi connectivity index (χ0v) is 11.5. The Kier molecular flexibility index (Phi) is 3.71. The van der Waals surface area contributed by atoms with E-state index in [9.17, 15) is 0 Å². The molecule has 0 aliphatic rings. The van der Waals surface area contributed by atoms with Crippen molar-refractivity contribution in [3.05, 3.63) is 52.7 Å². The molecule has 1 aromatic heterocycles. The number of hydrogen-bond donors (Lipinski definition) is 2. The smallest absolute Gasteiger partial charge is 0.128 e. The molecule has 2 aromatic rings. The minimum Gasteiger partial charge on any atom is -0.496 e. The average Bonchev–Trinajstić information content (AvgIpc) is 2.38. The Bertz CT molecular complexity index is 576. The predicted molar refractivity (Wildman–Crippen MR) is 77.1 cm³/mol. The molecular formula is C15H19N3O. The lowest BCUT2D eigenvalue weighted by molar-refractivity contribution is 0.411. The van der Waals surface area contributed by atoms with E-state index in [-0.39, 0.29) is 6.04 Å². The van der Waals surface area contributed by atoms with E-state index in [1.54, 1.807) is 13.3 Å². The maximum absolute atomic E-state index is 6.32. The van der Waals surface area contributed by atoms with Crippen molar-refractivity contribution in [2.45, 2.75) is 19.9 Å². The molecule has 0 spiro atoms. The van der Waals surface area contributed by atoms with Gasteiger partial charge in [0.15, 0.2) is 0 Å². The second-order valence-electron chi connectivity index (χ2n) is 4.63. The number of nitrogens with zero attached hydrogens (tertiary/aromatic N) is 1. The Labute approximate surface area is 113 Å². The highest BCUT2D eigenvalue weighted by Gasteiger charge is 2.16. The second kappa shape index (κ2) is 5.28. The standard InChI is InChI=1S/C15H19N3O/c1-9-6-7-18-15(17)13(9)14(16)11-4-5-12(19-3)10(2)8-11/h4-8,14H,16H2,1-3H3,(H2,17,18). The lowest BCUT2D eigenvalue weighted by Gasteiger charge is -2.18. The fourth-order valence-corrected chi connectivity index (χ4v) is 2.26. The van der Waals surface area contributed by atoms with E-state index in [4.69, 9.17) is 16.2 Å². The molecule has 4 nitrogen and oxygen atoms in total. The van der Waals surface area contributed by atoms with Crippen LogP contribution in [0.15, 0.2) is 30.5 Å². The highest BCUT2D eigenvalue weighted by Crippen LogP contribution is 2.29. The Balaban J connectivity index is 2.44. The Morgan fingerprint density at radius 2 is 1.89 bits per heavy atom. The van der Waals surface area contributed by atoms with E-state index in [1.165, 1.54) is 0 Å². The monoisotopic (exact) mass is 257 g/mol. The van der Waals surface area contributed by atoms with Crippen LogP contribution in [0.3, 0.4) is 0 Å². The van der Waals surface area contributed by atoms with E-state index >= 15 is 0 Å². The summed E-state index contributed by atoms with van der Waals surface area (Å²) in [4.78, 5) is 4.12. The van der Waals surface area contributed by atoms with Gasteiger partial charge in [-0.25, -0.2) is 4.98 Å². The van der Waals surface area contributed by atoms with Gasteiger partial charge >= 0.3 is 0 Å². The van der Waals surface area contributed by atoms with Crippen LogP contribution in [-0.4, -0.2) is 12.1 Å². The largest absolute Gasteiger partial charge is 0.496 e. The molecule has 2 rings (SSSR count). The van der Waals surface area contributed by atoms with Crippen molar-refractivity contribution in [3.8, 4) is 5.75 Å². The Morgan fingerprint density at radius 3 is 2.47 bits per heavy atom. The van der Waals surface area contributed by atoms with Gasteiger partial charge in [-0.1, -0.05) is 12.1 Å². The van der Waals surface area contributed by atoms with Gasteiger partial charge in [0.2, 0.25) is 0 Å². The number of hydrogen-bond acceptors (Lipinski definition) is 4. The van der Waals surface area contributed by atoms with Gasteiger partial charge in [-0.15, -0.1) is 0 Å². The molecule has 0 saturated heterocycles. The van der Waals surface area contributed by atoms with Gasteiger partial charge in [-0.2, -0.15) is 0 Å². The third kappa shape index (κ3) is 2.53. The molecule has 0 aliphatic heterocycles. The summed E-state index contributed by atoms with van der Waals surface area (Å²) in [6, 6.07) is 7.55. The average molecular weight is 257 g/mol. The normalized spacial score (nSPS) is 12.2. The van der Waals surface area contributed by atoms with Gasteiger partial charge in [0, 0.05) is 11.8 Å². The van der Waals surface area contributed by atoms with Crippen LogP contribution in [0.4, 0.5) is 5.82 Å². The molecule has 0 aliphatic carbocycles. The van der Waals surface area contributed by atoms with Crippen LogP contribution in [0.2, 0.25) is 0 Å². The maximum Gasteiger partial charge on any atom is 0.128 e. The van der Waals surface area contributed by atoms with Crippen LogP contribution >= 0.6 is 0 Å². The molecule has 0 fully saturated rings. The zero-order valence-electron chi connectivity index (χ0n) is 11.5. The van der Waals surface area contributed by atoms with Crippen LogP contribution in [0, 0.1) is 13.8 Å². The lowest BCUT2D eigenvalue weighted by Crippen LogP contribution is -2.16. The molecule has 4 N–H and O–H groups in total. The van der Waals surface area contributed by atoms with Crippen LogP contribution in [0.5, 0.6) is 5.75 Å². The fourth-order valence-electron chi connectivity index (χ4n) is 2.26. The molecule has 0 bridgehead atoms. The first-order valence-corrected chi connectivity index (χ1v) is 6.15. The molecular weight excluding hydrogens is 238 g/mol. The molecule has 1 unspecified atom stereocenters. The number of rotatable bonds is 3. The first-order chi connectivity index (χ1) is 9.04. The van der Waals surface area contributed by atoms with Gasteiger partial charge in [-0.05, 0) is 42.7 Å². The van der Waals surface area contributed by atoms with Crippen molar-refractivity contribution >= 4 is 5.82 Å². The Hall–Kier alpha value is -2.07. The van der Waals surface area contributed by atoms with Crippen molar-refractivity contribution in [2.24, 2.45) is 5.73 Å². The summed E-state index contributed by atoms with van der Waals surface area (Å²) in [6.07, 6.45) is 1.69. The fraction of sp³-hybridized carbons (Fsp3) is 0.267. The number of aryl methyl sites for hydroxylation is 2. The molecule has 0 amide bonds. The van der Waals surface area contributed by atoms with Gasteiger partial charge in [0.1, 0.15) is 11.6 Å². The van der Waals surface area contributed by atoms with Crippen LogP contribution in [0.25, 0.3) is 0 Å². The van der Waals surface area contributed by atoms with E-state index in [1.807, 2.05) is 38.1 Å². The molecule has 0 radical (unpaired) electrons. The number of ether oxygens (including phenoxy) is 1. The van der Waals surface area contributed by atoms with Crippen molar-refractivity contribution in [2.75, 3.05) is 12.8 Å². The van der Waals surface area contributed by atoms with Crippen molar-refractivity contribution in [1.82, 2.24) is 4.98 Å². The highest BCUT2D eigenvalue weighted by atomic mass is 16.5. The summed E-state index contributed by atoms with van der Waals surface area (Å²) >= 11 is 0. The third-order valence-corrected chi connectivity index (χ3v) is 3.33. The number of nitrogens with two attached hydrogens (primary N) is 2. The molecule has 1 aromatic carbocycles. The SMILES string of the molecule is COc1ccc(C(N)c2c(C)ccnc2N)cc1C. The van der Waals surface area contributed by atoms with E-state index in [0.29, 0.717) is 5.82 Å². The third-order valence-electron chi connectivity index (χ3n) is 3.33. The molecule has 0 saturated carbocycles. The molecule has 1 atom stereocenters. The van der Waals surface area contributed by atoms with E-state index in [2.05, 4.69) is 4.98 Å². The van der Waals surface area contributed by atoms with Crippen LogP contribution in [0.1, 0.15) is 28.3 Å². The highest BCUT2D eigenvalue weighted by molar-refractivity contribution is 5.50. The van der Waals surface area contributed by atoms with Crippen molar-refractivity contribution in [1.29, 1.82) is 0 Å². The topological polar surface area (TPSA) is 74.2 Å².